The Morgan fingerprint density at radius 1 is 1.00 bits per heavy atom. The molecular formula is C25H27NO6. The van der Waals surface area contributed by atoms with E-state index >= 15 is 0 Å². The van der Waals surface area contributed by atoms with Crippen LogP contribution in [0.1, 0.15) is 29.8 Å². The minimum Gasteiger partial charge on any atom is -0.508 e. The quantitative estimate of drug-likeness (QED) is 0.281. The van der Waals surface area contributed by atoms with Gasteiger partial charge < -0.3 is 24.8 Å². The fourth-order valence-corrected chi connectivity index (χ4v) is 3.27. The number of carboxylic acid groups (broad SMARTS) is 1. The molecule has 7 nitrogen and oxygen atoms in total. The fraction of sp³-hybridized carbons (Fsp3) is 0.240. The standard InChI is InChI=1S/C25H27NO6/c1-3-31-23-15-18(9-12-22(23)24(28)29)17-7-10-21(11-8-17)32-14-13-26-25(2,30)19-5-4-6-20(27)16-19/h4-12,15-16,26-27,30H,3,13-14H2,1-2H3,(H,28,29)/t25-/m0/s1. The molecule has 0 radical (unpaired) electrons. The minimum absolute atomic E-state index is 0.0897. The Morgan fingerprint density at radius 2 is 1.72 bits per heavy atom. The summed E-state index contributed by atoms with van der Waals surface area (Å²) in [5, 5.41) is 32.4. The van der Waals surface area contributed by atoms with E-state index in [1.54, 1.807) is 37.3 Å². The highest BCUT2D eigenvalue weighted by molar-refractivity contribution is 5.92. The van der Waals surface area contributed by atoms with Gasteiger partial charge in [0.1, 0.15) is 35.1 Å². The molecule has 3 aromatic rings. The van der Waals surface area contributed by atoms with Crippen LogP contribution in [-0.2, 0) is 5.72 Å². The van der Waals surface area contributed by atoms with Gasteiger partial charge in [-0.05, 0) is 61.4 Å². The summed E-state index contributed by atoms with van der Waals surface area (Å²) in [6.45, 7) is 4.52. The van der Waals surface area contributed by atoms with E-state index in [0.29, 0.717) is 36.8 Å². The Kier molecular flexibility index (Phi) is 7.35. The van der Waals surface area contributed by atoms with Gasteiger partial charge in [-0.3, -0.25) is 5.32 Å². The molecule has 0 aliphatic rings. The summed E-state index contributed by atoms with van der Waals surface area (Å²) in [4.78, 5) is 11.3. The summed E-state index contributed by atoms with van der Waals surface area (Å²) in [6.07, 6.45) is 0. The normalized spacial score (nSPS) is 12.7. The molecule has 1 atom stereocenters. The Hall–Kier alpha value is -3.55. The molecule has 4 N–H and O–H groups in total. The summed E-state index contributed by atoms with van der Waals surface area (Å²) in [5.41, 5.74) is 1.13. The topological polar surface area (TPSA) is 108 Å². The molecule has 0 fully saturated rings. The first kappa shape index (κ1) is 23.1. The maximum Gasteiger partial charge on any atom is 0.339 e. The Morgan fingerprint density at radius 3 is 2.38 bits per heavy atom. The van der Waals surface area contributed by atoms with Crippen molar-refractivity contribution in [1.82, 2.24) is 5.32 Å². The molecule has 0 saturated carbocycles. The van der Waals surface area contributed by atoms with E-state index in [0.717, 1.165) is 11.1 Å². The average molecular weight is 437 g/mol. The van der Waals surface area contributed by atoms with Crippen molar-refractivity contribution >= 4 is 5.97 Å². The Balaban J connectivity index is 1.58. The van der Waals surface area contributed by atoms with E-state index in [-0.39, 0.29) is 11.3 Å². The van der Waals surface area contributed by atoms with Crippen LogP contribution in [0.2, 0.25) is 0 Å². The second kappa shape index (κ2) is 10.2. The molecule has 168 valence electrons. The van der Waals surface area contributed by atoms with Crippen molar-refractivity contribution < 1.29 is 29.6 Å². The Labute approximate surface area is 186 Å². The molecular weight excluding hydrogens is 410 g/mol. The van der Waals surface area contributed by atoms with Gasteiger partial charge in [0, 0.05) is 12.1 Å². The highest BCUT2D eigenvalue weighted by Crippen LogP contribution is 2.29. The second-order valence-corrected chi connectivity index (χ2v) is 7.37. The van der Waals surface area contributed by atoms with Crippen LogP contribution < -0.4 is 14.8 Å². The molecule has 32 heavy (non-hydrogen) atoms. The number of carbonyl (C=O) groups is 1. The van der Waals surface area contributed by atoms with Gasteiger partial charge in [0.25, 0.3) is 0 Å². The van der Waals surface area contributed by atoms with Crippen molar-refractivity contribution in [3.63, 3.8) is 0 Å². The molecule has 0 aliphatic heterocycles. The molecule has 3 aromatic carbocycles. The zero-order chi connectivity index (χ0) is 23.1. The molecule has 7 heteroatoms. The van der Waals surface area contributed by atoms with Crippen molar-refractivity contribution in [3.05, 3.63) is 77.9 Å². The maximum absolute atomic E-state index is 11.3. The summed E-state index contributed by atoms with van der Waals surface area (Å²) in [7, 11) is 0. The van der Waals surface area contributed by atoms with E-state index in [1.807, 2.05) is 31.2 Å². The predicted molar refractivity (Wildman–Crippen MR) is 121 cm³/mol. The summed E-state index contributed by atoms with van der Waals surface area (Å²) < 4.78 is 11.2. The maximum atomic E-state index is 11.3. The van der Waals surface area contributed by atoms with Crippen molar-refractivity contribution in [2.75, 3.05) is 19.8 Å². The number of aliphatic hydroxyl groups is 1. The van der Waals surface area contributed by atoms with Gasteiger partial charge in [0.2, 0.25) is 0 Å². The van der Waals surface area contributed by atoms with Crippen LogP contribution in [0.5, 0.6) is 17.2 Å². The van der Waals surface area contributed by atoms with Gasteiger partial charge in [0.05, 0.1) is 6.61 Å². The summed E-state index contributed by atoms with van der Waals surface area (Å²) in [5.74, 6) is 0.0646. The number of carboxylic acids is 1. The molecule has 0 saturated heterocycles. The van der Waals surface area contributed by atoms with E-state index < -0.39 is 11.7 Å². The third kappa shape index (κ3) is 5.78. The molecule has 0 aliphatic carbocycles. The second-order valence-electron chi connectivity index (χ2n) is 7.37. The Bertz CT molecular complexity index is 1060. The SMILES string of the molecule is CCOc1cc(-c2ccc(OCCN[C@@](C)(O)c3cccc(O)c3)cc2)ccc1C(=O)O. The third-order valence-electron chi connectivity index (χ3n) is 4.95. The third-order valence-corrected chi connectivity index (χ3v) is 4.95. The van der Waals surface area contributed by atoms with E-state index in [2.05, 4.69) is 5.32 Å². The van der Waals surface area contributed by atoms with Crippen LogP contribution >= 0.6 is 0 Å². The van der Waals surface area contributed by atoms with Gasteiger partial charge in [0.15, 0.2) is 0 Å². The van der Waals surface area contributed by atoms with Crippen molar-refractivity contribution in [1.29, 1.82) is 0 Å². The highest BCUT2D eigenvalue weighted by Gasteiger charge is 2.22. The van der Waals surface area contributed by atoms with E-state index in [4.69, 9.17) is 9.47 Å². The molecule has 0 bridgehead atoms. The van der Waals surface area contributed by atoms with E-state index in [9.17, 15) is 20.1 Å². The minimum atomic E-state index is -1.30. The fourth-order valence-electron chi connectivity index (χ4n) is 3.27. The zero-order valence-electron chi connectivity index (χ0n) is 18.0. The molecule has 0 heterocycles. The number of hydrogen-bond donors (Lipinski definition) is 4. The van der Waals surface area contributed by atoms with E-state index in [1.165, 1.54) is 12.1 Å². The van der Waals surface area contributed by atoms with Gasteiger partial charge in [-0.15, -0.1) is 0 Å². The number of hydrogen-bond acceptors (Lipinski definition) is 6. The number of ether oxygens (including phenoxy) is 2. The number of phenolic OH excluding ortho intramolecular Hbond substituents is 1. The molecule has 0 aromatic heterocycles. The first-order chi connectivity index (χ1) is 15.3. The molecule has 3 rings (SSSR count). The number of benzene rings is 3. The van der Waals surface area contributed by atoms with Crippen LogP contribution in [0.25, 0.3) is 11.1 Å². The number of nitrogens with one attached hydrogen (secondary N) is 1. The van der Waals surface area contributed by atoms with Crippen molar-refractivity contribution in [2.24, 2.45) is 0 Å². The number of rotatable bonds is 10. The van der Waals surface area contributed by atoms with Crippen LogP contribution in [0.4, 0.5) is 0 Å². The van der Waals surface area contributed by atoms with Gasteiger partial charge in [-0.25, -0.2) is 4.79 Å². The zero-order valence-corrected chi connectivity index (χ0v) is 18.0. The molecule has 0 spiro atoms. The van der Waals surface area contributed by atoms with Gasteiger partial charge in [-0.1, -0.05) is 30.3 Å². The van der Waals surface area contributed by atoms with Crippen LogP contribution in [-0.4, -0.2) is 41.0 Å². The molecule has 0 unspecified atom stereocenters. The van der Waals surface area contributed by atoms with Crippen molar-refractivity contribution in [2.45, 2.75) is 19.6 Å². The largest absolute Gasteiger partial charge is 0.508 e. The summed E-state index contributed by atoms with van der Waals surface area (Å²) >= 11 is 0. The van der Waals surface area contributed by atoms with Crippen LogP contribution in [0, 0.1) is 0 Å². The smallest absolute Gasteiger partial charge is 0.339 e. The first-order valence-electron chi connectivity index (χ1n) is 10.3. The number of aromatic hydroxyl groups is 1. The monoisotopic (exact) mass is 437 g/mol. The van der Waals surface area contributed by atoms with Gasteiger partial charge >= 0.3 is 5.97 Å². The van der Waals surface area contributed by atoms with Crippen LogP contribution in [0.15, 0.2) is 66.7 Å². The van der Waals surface area contributed by atoms with Crippen molar-refractivity contribution in [3.8, 4) is 28.4 Å². The summed E-state index contributed by atoms with van der Waals surface area (Å²) in [6, 6.07) is 18.9. The van der Waals surface area contributed by atoms with Crippen LogP contribution in [0.3, 0.4) is 0 Å². The lowest BCUT2D eigenvalue weighted by molar-refractivity contribution is 0.0167. The number of phenols is 1. The first-order valence-corrected chi connectivity index (χ1v) is 10.3. The van der Waals surface area contributed by atoms with Gasteiger partial charge in [-0.2, -0.15) is 0 Å². The lowest BCUT2D eigenvalue weighted by Gasteiger charge is -2.25. The lowest BCUT2D eigenvalue weighted by Crippen LogP contribution is -2.41. The lowest BCUT2D eigenvalue weighted by atomic mass is 10.0. The number of aromatic carboxylic acids is 1. The predicted octanol–water partition coefficient (Wildman–Crippen LogP) is 3.99. The highest BCUT2D eigenvalue weighted by atomic mass is 16.5. The average Bonchev–Trinajstić information content (AvgIpc) is 2.77. The molecule has 0 amide bonds.